The van der Waals surface area contributed by atoms with E-state index in [2.05, 4.69) is 10.3 Å². The van der Waals surface area contributed by atoms with E-state index in [1.807, 2.05) is 30.3 Å². The number of nitrogens with zero attached hydrogens (tertiary/aromatic N) is 1. The van der Waals surface area contributed by atoms with Crippen LogP contribution in [0, 0.1) is 0 Å². The Hall–Kier alpha value is -4.19. The Labute approximate surface area is 173 Å². The zero-order valence-corrected chi connectivity index (χ0v) is 16.2. The van der Waals surface area contributed by atoms with Crippen LogP contribution in [0.15, 0.2) is 89.8 Å². The SMILES string of the molecule is COC(=O)c1ccc(-c2ccco2)cc1NC(=O)c1cncc(-c2ccccc2)c1. The maximum Gasteiger partial charge on any atom is 0.339 e. The van der Waals surface area contributed by atoms with E-state index in [-0.39, 0.29) is 11.5 Å². The second kappa shape index (κ2) is 8.45. The summed E-state index contributed by atoms with van der Waals surface area (Å²) in [5.74, 6) is -0.316. The molecular weight excluding hydrogens is 380 g/mol. The van der Waals surface area contributed by atoms with Crippen LogP contribution in [0.3, 0.4) is 0 Å². The van der Waals surface area contributed by atoms with Gasteiger partial charge in [-0.15, -0.1) is 0 Å². The summed E-state index contributed by atoms with van der Waals surface area (Å²) >= 11 is 0. The zero-order valence-electron chi connectivity index (χ0n) is 16.2. The van der Waals surface area contributed by atoms with Crippen LogP contribution in [0.5, 0.6) is 0 Å². The van der Waals surface area contributed by atoms with Gasteiger partial charge in [0.2, 0.25) is 0 Å². The maximum atomic E-state index is 12.9. The normalized spacial score (nSPS) is 10.4. The summed E-state index contributed by atoms with van der Waals surface area (Å²) in [6.45, 7) is 0. The van der Waals surface area contributed by atoms with E-state index in [1.54, 1.807) is 48.9 Å². The van der Waals surface area contributed by atoms with Crippen molar-refractivity contribution in [3.05, 3.63) is 96.5 Å². The van der Waals surface area contributed by atoms with Crippen LogP contribution in [-0.4, -0.2) is 24.0 Å². The molecule has 148 valence electrons. The highest BCUT2D eigenvalue weighted by atomic mass is 16.5. The lowest BCUT2D eigenvalue weighted by atomic mass is 10.0. The molecule has 2 aromatic heterocycles. The van der Waals surface area contributed by atoms with E-state index in [0.29, 0.717) is 17.0 Å². The third-order valence-electron chi connectivity index (χ3n) is 4.59. The highest BCUT2D eigenvalue weighted by molar-refractivity contribution is 6.08. The first-order valence-electron chi connectivity index (χ1n) is 9.24. The van der Waals surface area contributed by atoms with Crippen molar-refractivity contribution in [1.29, 1.82) is 0 Å². The molecule has 1 amide bonds. The number of carbonyl (C=O) groups is 2. The molecule has 0 saturated heterocycles. The van der Waals surface area contributed by atoms with Crippen molar-refractivity contribution in [2.75, 3.05) is 12.4 Å². The fourth-order valence-corrected chi connectivity index (χ4v) is 3.08. The molecule has 0 saturated carbocycles. The largest absolute Gasteiger partial charge is 0.465 e. The van der Waals surface area contributed by atoms with Gasteiger partial charge in [-0.2, -0.15) is 0 Å². The summed E-state index contributed by atoms with van der Waals surface area (Å²) in [6, 6.07) is 20.0. The molecule has 4 aromatic rings. The summed E-state index contributed by atoms with van der Waals surface area (Å²) in [5.41, 5.74) is 3.43. The number of anilines is 1. The van der Waals surface area contributed by atoms with Crippen molar-refractivity contribution in [2.45, 2.75) is 0 Å². The average Bonchev–Trinajstić information content (AvgIpc) is 3.34. The monoisotopic (exact) mass is 398 g/mol. The number of aromatic nitrogens is 1. The molecule has 30 heavy (non-hydrogen) atoms. The number of hydrogen-bond donors (Lipinski definition) is 1. The minimum absolute atomic E-state index is 0.244. The third-order valence-corrected chi connectivity index (χ3v) is 4.59. The highest BCUT2D eigenvalue weighted by Crippen LogP contribution is 2.27. The first-order valence-corrected chi connectivity index (χ1v) is 9.24. The molecule has 6 heteroatoms. The molecule has 0 unspecified atom stereocenters. The van der Waals surface area contributed by atoms with Crippen LogP contribution < -0.4 is 5.32 Å². The molecule has 0 atom stereocenters. The Morgan fingerprint density at radius 3 is 2.47 bits per heavy atom. The maximum absolute atomic E-state index is 12.9. The van der Waals surface area contributed by atoms with Crippen molar-refractivity contribution in [2.24, 2.45) is 0 Å². The molecular formula is C24H18N2O4. The summed E-state index contributed by atoms with van der Waals surface area (Å²) in [7, 11) is 1.29. The lowest BCUT2D eigenvalue weighted by molar-refractivity contribution is 0.0602. The number of pyridine rings is 1. The first-order chi connectivity index (χ1) is 14.7. The molecule has 0 aliphatic heterocycles. The van der Waals surface area contributed by atoms with Gasteiger partial charge in [0.05, 0.1) is 30.2 Å². The van der Waals surface area contributed by atoms with Crippen molar-refractivity contribution in [3.63, 3.8) is 0 Å². The van der Waals surface area contributed by atoms with Crippen LogP contribution in [0.25, 0.3) is 22.5 Å². The molecule has 4 rings (SSSR count). The number of carbonyl (C=O) groups excluding carboxylic acids is 2. The topological polar surface area (TPSA) is 81.4 Å². The molecule has 0 fully saturated rings. The lowest BCUT2D eigenvalue weighted by Gasteiger charge is -2.12. The molecule has 0 spiro atoms. The Morgan fingerprint density at radius 1 is 0.900 bits per heavy atom. The van der Waals surface area contributed by atoms with E-state index in [1.165, 1.54) is 13.3 Å². The fourth-order valence-electron chi connectivity index (χ4n) is 3.08. The number of methoxy groups -OCH3 is 1. The fraction of sp³-hybridized carbons (Fsp3) is 0.0417. The van der Waals surface area contributed by atoms with Gasteiger partial charge >= 0.3 is 5.97 Å². The second-order valence-corrected chi connectivity index (χ2v) is 6.51. The number of benzene rings is 2. The lowest BCUT2D eigenvalue weighted by Crippen LogP contribution is -2.16. The Kier molecular flexibility index (Phi) is 5.39. The minimum atomic E-state index is -0.549. The zero-order chi connectivity index (χ0) is 20.9. The summed E-state index contributed by atoms with van der Waals surface area (Å²) in [4.78, 5) is 29.3. The Morgan fingerprint density at radius 2 is 1.73 bits per heavy atom. The molecule has 0 radical (unpaired) electrons. The van der Waals surface area contributed by atoms with E-state index < -0.39 is 5.97 Å². The van der Waals surface area contributed by atoms with Gasteiger partial charge in [-0.1, -0.05) is 36.4 Å². The van der Waals surface area contributed by atoms with Gasteiger partial charge in [-0.25, -0.2) is 4.79 Å². The average molecular weight is 398 g/mol. The summed E-state index contributed by atoms with van der Waals surface area (Å²) in [5, 5.41) is 2.80. The second-order valence-electron chi connectivity index (χ2n) is 6.51. The molecule has 0 aliphatic rings. The summed E-state index contributed by atoms with van der Waals surface area (Å²) < 4.78 is 10.3. The number of rotatable bonds is 5. The molecule has 2 heterocycles. The standard InChI is InChI=1S/C24H18N2O4/c1-29-24(28)20-10-9-17(22-8-5-11-30-22)13-21(20)26-23(27)19-12-18(14-25-15-19)16-6-3-2-4-7-16/h2-15H,1H3,(H,26,27). The quantitative estimate of drug-likeness (QED) is 0.476. The van der Waals surface area contributed by atoms with Gasteiger partial charge in [-0.05, 0) is 35.9 Å². The molecule has 6 nitrogen and oxygen atoms in total. The van der Waals surface area contributed by atoms with Gasteiger partial charge in [0.15, 0.2) is 0 Å². The molecule has 1 N–H and O–H groups in total. The first kappa shape index (κ1) is 19.1. The number of esters is 1. The predicted octanol–water partition coefficient (Wildman–Crippen LogP) is 5.05. The molecule has 2 aromatic carbocycles. The van der Waals surface area contributed by atoms with E-state index >= 15 is 0 Å². The van der Waals surface area contributed by atoms with Crippen molar-refractivity contribution >= 4 is 17.6 Å². The number of nitrogens with one attached hydrogen (secondary N) is 1. The number of furan rings is 1. The number of hydrogen-bond acceptors (Lipinski definition) is 5. The van der Waals surface area contributed by atoms with Crippen LogP contribution in [0.2, 0.25) is 0 Å². The van der Waals surface area contributed by atoms with E-state index in [9.17, 15) is 9.59 Å². The summed E-state index contributed by atoms with van der Waals surface area (Å²) in [6.07, 6.45) is 4.74. The van der Waals surface area contributed by atoms with Crippen LogP contribution in [0.1, 0.15) is 20.7 Å². The van der Waals surface area contributed by atoms with Crippen molar-refractivity contribution in [3.8, 4) is 22.5 Å². The van der Waals surface area contributed by atoms with E-state index in [0.717, 1.165) is 16.7 Å². The predicted molar refractivity (Wildman–Crippen MR) is 113 cm³/mol. The number of amides is 1. The van der Waals surface area contributed by atoms with Crippen LogP contribution >= 0.6 is 0 Å². The van der Waals surface area contributed by atoms with Gasteiger partial charge in [0.25, 0.3) is 5.91 Å². The van der Waals surface area contributed by atoms with Gasteiger partial charge in [0.1, 0.15) is 5.76 Å². The minimum Gasteiger partial charge on any atom is -0.465 e. The van der Waals surface area contributed by atoms with Crippen LogP contribution in [-0.2, 0) is 4.74 Å². The Balaban J connectivity index is 1.67. The van der Waals surface area contributed by atoms with Crippen molar-refractivity contribution < 1.29 is 18.7 Å². The van der Waals surface area contributed by atoms with Crippen LogP contribution in [0.4, 0.5) is 5.69 Å². The molecule has 0 aliphatic carbocycles. The molecule has 0 bridgehead atoms. The van der Waals surface area contributed by atoms with Gasteiger partial charge in [0, 0.05) is 23.5 Å². The third kappa shape index (κ3) is 3.98. The number of ether oxygens (including phenoxy) is 1. The Bertz CT molecular complexity index is 1190. The smallest absolute Gasteiger partial charge is 0.339 e. The van der Waals surface area contributed by atoms with Crippen molar-refractivity contribution in [1.82, 2.24) is 4.98 Å². The highest BCUT2D eigenvalue weighted by Gasteiger charge is 2.17. The van der Waals surface area contributed by atoms with E-state index in [4.69, 9.17) is 9.15 Å². The van der Waals surface area contributed by atoms with Gasteiger partial charge < -0.3 is 14.5 Å². The van der Waals surface area contributed by atoms with Gasteiger partial charge in [-0.3, -0.25) is 9.78 Å².